The first-order valence-electron chi connectivity index (χ1n) is 5.51. The Hall–Kier alpha value is 0.160. The summed E-state index contributed by atoms with van der Waals surface area (Å²) in [5, 5.41) is 0.794. The molecule has 16 heavy (non-hydrogen) atoms. The molecule has 0 spiro atoms. The molecule has 3 N–H and O–H groups in total. The molecule has 0 radical (unpaired) electrons. The second kappa shape index (κ2) is 6.79. The van der Waals surface area contributed by atoms with Gasteiger partial charge in [0.2, 0.25) is 0 Å². The Bertz CT molecular complexity index is 344. The first kappa shape index (κ1) is 14.2. The number of hydrogen-bond donors (Lipinski definition) is 2. The minimum Gasteiger partial charge on any atom is -0.271 e. The molecule has 0 heterocycles. The van der Waals surface area contributed by atoms with Gasteiger partial charge >= 0.3 is 0 Å². The molecular formula is C12H18ClIN2. The zero-order valence-electron chi connectivity index (χ0n) is 9.63. The van der Waals surface area contributed by atoms with Crippen molar-refractivity contribution in [1.82, 2.24) is 5.43 Å². The van der Waals surface area contributed by atoms with E-state index in [0.717, 1.165) is 27.0 Å². The monoisotopic (exact) mass is 352 g/mol. The average molecular weight is 353 g/mol. The summed E-state index contributed by atoms with van der Waals surface area (Å²) in [6.45, 7) is 4.39. The minimum atomic E-state index is 0.175. The van der Waals surface area contributed by atoms with Crippen molar-refractivity contribution in [2.75, 3.05) is 0 Å². The number of nitrogens with two attached hydrogens (primary N) is 1. The van der Waals surface area contributed by atoms with Gasteiger partial charge in [-0.3, -0.25) is 11.3 Å². The third kappa shape index (κ3) is 3.58. The first-order chi connectivity index (χ1) is 7.60. The Kier molecular flexibility index (Phi) is 6.03. The maximum Gasteiger partial charge on any atom is 0.0542 e. The standard InChI is InChI=1S/C12H18ClIN2/c1-3-4-8(2)12(16-15)9-5-6-11(14)10(13)7-9/h5-8,12,16H,3-4,15H2,1-2H3. The molecule has 0 aliphatic carbocycles. The van der Waals surface area contributed by atoms with Crippen LogP contribution in [0.3, 0.4) is 0 Å². The maximum absolute atomic E-state index is 6.12. The topological polar surface area (TPSA) is 38.0 Å². The van der Waals surface area contributed by atoms with Crippen LogP contribution in [0.4, 0.5) is 0 Å². The second-order valence-corrected chi connectivity index (χ2v) is 5.65. The Morgan fingerprint density at radius 1 is 1.50 bits per heavy atom. The summed E-state index contributed by atoms with van der Waals surface area (Å²) in [7, 11) is 0. The maximum atomic E-state index is 6.12. The van der Waals surface area contributed by atoms with Gasteiger partial charge in [-0.15, -0.1) is 0 Å². The average Bonchev–Trinajstić information content (AvgIpc) is 2.25. The molecule has 2 unspecified atom stereocenters. The van der Waals surface area contributed by atoms with Crippen molar-refractivity contribution in [2.45, 2.75) is 32.7 Å². The highest BCUT2D eigenvalue weighted by Crippen LogP contribution is 2.28. The molecule has 2 nitrogen and oxygen atoms in total. The summed E-state index contributed by atoms with van der Waals surface area (Å²) in [5.74, 6) is 6.13. The molecule has 0 amide bonds. The summed E-state index contributed by atoms with van der Waals surface area (Å²) in [6.07, 6.45) is 2.32. The lowest BCUT2D eigenvalue weighted by molar-refractivity contribution is 0.368. The van der Waals surface area contributed by atoms with Crippen LogP contribution in [0.25, 0.3) is 0 Å². The van der Waals surface area contributed by atoms with Gasteiger partial charge in [0, 0.05) is 9.61 Å². The molecule has 4 heteroatoms. The van der Waals surface area contributed by atoms with Crippen LogP contribution in [-0.4, -0.2) is 0 Å². The van der Waals surface area contributed by atoms with Crippen LogP contribution in [0, 0.1) is 9.49 Å². The van der Waals surface area contributed by atoms with E-state index in [1.807, 2.05) is 12.1 Å². The number of halogens is 2. The summed E-state index contributed by atoms with van der Waals surface area (Å²) in [6, 6.07) is 6.29. The third-order valence-electron chi connectivity index (χ3n) is 2.80. The van der Waals surface area contributed by atoms with E-state index in [-0.39, 0.29) is 6.04 Å². The van der Waals surface area contributed by atoms with Crippen LogP contribution in [0.15, 0.2) is 18.2 Å². The molecule has 0 aliphatic rings. The molecule has 1 aromatic rings. The van der Waals surface area contributed by atoms with Gasteiger partial charge in [-0.1, -0.05) is 37.9 Å². The van der Waals surface area contributed by atoms with Crippen molar-refractivity contribution in [3.8, 4) is 0 Å². The molecule has 0 fully saturated rings. The zero-order chi connectivity index (χ0) is 12.1. The smallest absolute Gasteiger partial charge is 0.0542 e. The van der Waals surface area contributed by atoms with Gasteiger partial charge in [0.15, 0.2) is 0 Å². The lowest BCUT2D eigenvalue weighted by Crippen LogP contribution is -2.32. The summed E-state index contributed by atoms with van der Waals surface area (Å²) >= 11 is 8.35. The van der Waals surface area contributed by atoms with Crippen LogP contribution in [-0.2, 0) is 0 Å². The molecule has 2 atom stereocenters. The molecule has 90 valence electrons. The van der Waals surface area contributed by atoms with E-state index >= 15 is 0 Å². The molecule has 0 saturated heterocycles. The fourth-order valence-electron chi connectivity index (χ4n) is 1.92. The van der Waals surface area contributed by atoms with Crippen molar-refractivity contribution in [3.05, 3.63) is 32.4 Å². The van der Waals surface area contributed by atoms with Gasteiger partial charge < -0.3 is 0 Å². The summed E-state index contributed by atoms with van der Waals surface area (Å²) in [5.41, 5.74) is 4.05. The third-order valence-corrected chi connectivity index (χ3v) is 4.37. The van der Waals surface area contributed by atoms with E-state index in [9.17, 15) is 0 Å². The van der Waals surface area contributed by atoms with Gasteiger partial charge in [0.1, 0.15) is 0 Å². The predicted octanol–water partition coefficient (Wildman–Crippen LogP) is 3.89. The molecule has 0 aliphatic heterocycles. The fraction of sp³-hybridized carbons (Fsp3) is 0.500. The molecular weight excluding hydrogens is 335 g/mol. The van der Waals surface area contributed by atoms with E-state index in [4.69, 9.17) is 17.4 Å². The Labute approximate surface area is 116 Å². The molecule has 1 aromatic carbocycles. The molecule has 0 saturated carbocycles. The predicted molar refractivity (Wildman–Crippen MR) is 78.3 cm³/mol. The highest BCUT2D eigenvalue weighted by atomic mass is 127. The van der Waals surface area contributed by atoms with E-state index in [0.29, 0.717) is 5.92 Å². The molecule has 0 bridgehead atoms. The van der Waals surface area contributed by atoms with Gasteiger partial charge in [0.25, 0.3) is 0 Å². The zero-order valence-corrected chi connectivity index (χ0v) is 12.5. The van der Waals surface area contributed by atoms with Crippen LogP contribution >= 0.6 is 34.2 Å². The Morgan fingerprint density at radius 3 is 2.69 bits per heavy atom. The highest BCUT2D eigenvalue weighted by Gasteiger charge is 2.17. The lowest BCUT2D eigenvalue weighted by Gasteiger charge is -2.23. The number of rotatable bonds is 5. The number of hydrazine groups is 1. The van der Waals surface area contributed by atoms with Crippen molar-refractivity contribution in [2.24, 2.45) is 11.8 Å². The largest absolute Gasteiger partial charge is 0.271 e. The summed E-state index contributed by atoms with van der Waals surface area (Å²) < 4.78 is 1.07. The van der Waals surface area contributed by atoms with Crippen molar-refractivity contribution in [3.63, 3.8) is 0 Å². The Morgan fingerprint density at radius 2 is 2.19 bits per heavy atom. The number of nitrogens with one attached hydrogen (secondary N) is 1. The van der Waals surface area contributed by atoms with Crippen molar-refractivity contribution < 1.29 is 0 Å². The van der Waals surface area contributed by atoms with Crippen LogP contribution in [0.2, 0.25) is 5.02 Å². The molecule has 1 rings (SSSR count). The molecule has 0 aromatic heterocycles. The van der Waals surface area contributed by atoms with E-state index in [1.165, 1.54) is 0 Å². The number of hydrogen-bond acceptors (Lipinski definition) is 2. The fourth-order valence-corrected chi connectivity index (χ4v) is 2.44. The van der Waals surface area contributed by atoms with E-state index < -0.39 is 0 Å². The van der Waals surface area contributed by atoms with Crippen molar-refractivity contribution in [1.29, 1.82) is 0 Å². The summed E-state index contributed by atoms with van der Waals surface area (Å²) in [4.78, 5) is 0. The first-order valence-corrected chi connectivity index (χ1v) is 6.96. The van der Waals surface area contributed by atoms with Crippen molar-refractivity contribution >= 4 is 34.2 Å². The van der Waals surface area contributed by atoms with E-state index in [2.05, 4.69) is 47.9 Å². The normalized spacial score (nSPS) is 14.8. The van der Waals surface area contributed by atoms with Crippen LogP contribution < -0.4 is 11.3 Å². The highest BCUT2D eigenvalue weighted by molar-refractivity contribution is 14.1. The van der Waals surface area contributed by atoms with Gasteiger partial charge in [0.05, 0.1) is 5.02 Å². The lowest BCUT2D eigenvalue weighted by atomic mass is 9.91. The second-order valence-electron chi connectivity index (χ2n) is 4.08. The van der Waals surface area contributed by atoms with Crippen LogP contribution in [0.5, 0.6) is 0 Å². The Balaban J connectivity index is 2.90. The van der Waals surface area contributed by atoms with Gasteiger partial charge in [-0.2, -0.15) is 0 Å². The minimum absolute atomic E-state index is 0.175. The van der Waals surface area contributed by atoms with E-state index in [1.54, 1.807) is 0 Å². The van der Waals surface area contributed by atoms with Gasteiger partial charge in [-0.05, 0) is 52.6 Å². The van der Waals surface area contributed by atoms with Crippen LogP contribution in [0.1, 0.15) is 38.3 Å². The van der Waals surface area contributed by atoms with Gasteiger partial charge in [-0.25, -0.2) is 0 Å². The quantitative estimate of drug-likeness (QED) is 0.479. The SMILES string of the molecule is CCCC(C)C(NN)c1ccc(I)c(Cl)c1. The number of benzene rings is 1.